The van der Waals surface area contributed by atoms with E-state index in [4.69, 9.17) is 0 Å². The van der Waals surface area contributed by atoms with E-state index >= 15 is 0 Å². The molecule has 1 rings (SSSR count). The Morgan fingerprint density at radius 1 is 1.21 bits per heavy atom. The fourth-order valence-electron chi connectivity index (χ4n) is 2.51. The summed E-state index contributed by atoms with van der Waals surface area (Å²) in [6.45, 7) is 10.6. The second kappa shape index (κ2) is 5.16. The Bertz CT molecular complexity index is 157. The Kier molecular flexibility index (Phi) is 4.43. The summed E-state index contributed by atoms with van der Waals surface area (Å²) < 4.78 is 0. The zero-order chi connectivity index (χ0) is 10.6. The molecule has 1 heteroatoms. The first kappa shape index (κ1) is 12.0. The normalized spacial score (nSPS) is 29.1. The largest absolute Gasteiger partial charge is 0.314 e. The first-order valence-electron chi connectivity index (χ1n) is 6.27. The van der Waals surface area contributed by atoms with E-state index in [1.807, 2.05) is 0 Å². The predicted octanol–water partition coefficient (Wildman–Crippen LogP) is 3.59. The minimum Gasteiger partial charge on any atom is -0.314 e. The van der Waals surface area contributed by atoms with Gasteiger partial charge < -0.3 is 5.32 Å². The maximum Gasteiger partial charge on any atom is 0.00699 e. The molecule has 0 amide bonds. The lowest BCUT2D eigenvalue weighted by Crippen LogP contribution is -2.38. The molecule has 1 N–H and O–H groups in total. The summed E-state index contributed by atoms with van der Waals surface area (Å²) in [6, 6.07) is 0.799. The van der Waals surface area contributed by atoms with Crippen molar-refractivity contribution in [3.63, 3.8) is 0 Å². The summed E-state index contributed by atoms with van der Waals surface area (Å²) >= 11 is 0. The van der Waals surface area contributed by atoms with Gasteiger partial charge in [0.25, 0.3) is 0 Å². The highest BCUT2D eigenvalue weighted by molar-refractivity contribution is 4.84. The van der Waals surface area contributed by atoms with Crippen LogP contribution < -0.4 is 5.32 Å². The molecule has 1 aliphatic carbocycles. The monoisotopic (exact) mass is 197 g/mol. The van der Waals surface area contributed by atoms with Crippen LogP contribution >= 0.6 is 0 Å². The average molecular weight is 197 g/mol. The highest BCUT2D eigenvalue weighted by atomic mass is 14.9. The fraction of sp³-hybridized carbons (Fsp3) is 1.00. The fourth-order valence-corrected chi connectivity index (χ4v) is 2.51. The Balaban J connectivity index is 2.36. The van der Waals surface area contributed by atoms with Crippen molar-refractivity contribution < 1.29 is 0 Å². The number of rotatable bonds is 3. The van der Waals surface area contributed by atoms with Crippen LogP contribution in [0.1, 0.15) is 59.8 Å². The van der Waals surface area contributed by atoms with Crippen LogP contribution in [-0.2, 0) is 0 Å². The zero-order valence-corrected chi connectivity index (χ0v) is 10.4. The molecule has 84 valence electrons. The van der Waals surface area contributed by atoms with Crippen LogP contribution in [0.25, 0.3) is 0 Å². The molecule has 14 heavy (non-hydrogen) atoms. The van der Waals surface area contributed by atoms with E-state index < -0.39 is 0 Å². The topological polar surface area (TPSA) is 12.0 Å². The molecule has 0 aliphatic heterocycles. The molecule has 0 bridgehead atoms. The van der Waals surface area contributed by atoms with Crippen LogP contribution in [0.4, 0.5) is 0 Å². The standard InChI is InChI=1S/C13H27N/c1-5-9-14-12-8-6-7-11(10-12)13(2,3)4/h11-12,14H,5-10H2,1-4H3. The van der Waals surface area contributed by atoms with Crippen molar-refractivity contribution in [2.75, 3.05) is 6.54 Å². The summed E-state index contributed by atoms with van der Waals surface area (Å²) in [4.78, 5) is 0. The maximum atomic E-state index is 3.67. The van der Waals surface area contributed by atoms with Crippen LogP contribution in [0.2, 0.25) is 0 Å². The molecule has 1 aliphatic rings. The van der Waals surface area contributed by atoms with Gasteiger partial charge in [-0.25, -0.2) is 0 Å². The van der Waals surface area contributed by atoms with E-state index in [9.17, 15) is 0 Å². The van der Waals surface area contributed by atoms with Crippen molar-refractivity contribution in [3.05, 3.63) is 0 Å². The molecule has 0 aromatic carbocycles. The first-order chi connectivity index (χ1) is 6.54. The number of hydrogen-bond acceptors (Lipinski definition) is 1. The second-order valence-electron chi connectivity index (χ2n) is 5.88. The van der Waals surface area contributed by atoms with Crippen LogP contribution in [-0.4, -0.2) is 12.6 Å². The lowest BCUT2D eigenvalue weighted by molar-refractivity contribution is 0.154. The number of nitrogens with one attached hydrogen (secondary N) is 1. The second-order valence-corrected chi connectivity index (χ2v) is 5.88. The van der Waals surface area contributed by atoms with E-state index in [-0.39, 0.29) is 0 Å². The van der Waals surface area contributed by atoms with Gasteiger partial charge in [-0.05, 0) is 43.6 Å². The van der Waals surface area contributed by atoms with Crippen LogP contribution in [0.5, 0.6) is 0 Å². The zero-order valence-electron chi connectivity index (χ0n) is 10.4. The van der Waals surface area contributed by atoms with Crippen molar-refractivity contribution in [2.45, 2.75) is 65.8 Å². The predicted molar refractivity (Wildman–Crippen MR) is 63.5 cm³/mol. The van der Waals surface area contributed by atoms with Crippen LogP contribution in [0.3, 0.4) is 0 Å². The molecule has 2 atom stereocenters. The molecule has 0 heterocycles. The minimum atomic E-state index is 0.507. The van der Waals surface area contributed by atoms with E-state index in [2.05, 4.69) is 33.0 Å². The third-order valence-electron chi connectivity index (χ3n) is 3.58. The van der Waals surface area contributed by atoms with Gasteiger partial charge in [0, 0.05) is 6.04 Å². The maximum absolute atomic E-state index is 3.67. The molecular weight excluding hydrogens is 170 g/mol. The van der Waals surface area contributed by atoms with Crippen molar-refractivity contribution in [1.29, 1.82) is 0 Å². The third-order valence-corrected chi connectivity index (χ3v) is 3.58. The quantitative estimate of drug-likeness (QED) is 0.729. The SMILES string of the molecule is CCCNC1CCCC(C(C)(C)C)C1. The third kappa shape index (κ3) is 3.61. The highest BCUT2D eigenvalue weighted by Crippen LogP contribution is 2.37. The van der Waals surface area contributed by atoms with E-state index in [0.717, 1.165) is 12.0 Å². The van der Waals surface area contributed by atoms with Gasteiger partial charge in [0.2, 0.25) is 0 Å². The molecule has 0 aromatic rings. The lowest BCUT2D eigenvalue weighted by Gasteiger charge is -2.38. The first-order valence-corrected chi connectivity index (χ1v) is 6.27. The average Bonchev–Trinajstić information content (AvgIpc) is 2.14. The molecule has 0 saturated heterocycles. The van der Waals surface area contributed by atoms with Crippen molar-refractivity contribution >= 4 is 0 Å². The van der Waals surface area contributed by atoms with E-state index in [1.54, 1.807) is 0 Å². The Labute approximate surface area is 89.7 Å². The van der Waals surface area contributed by atoms with Gasteiger partial charge in [0.15, 0.2) is 0 Å². The molecule has 1 saturated carbocycles. The molecule has 0 aromatic heterocycles. The number of hydrogen-bond donors (Lipinski definition) is 1. The summed E-state index contributed by atoms with van der Waals surface area (Å²) in [5.74, 6) is 0.922. The van der Waals surface area contributed by atoms with Crippen molar-refractivity contribution in [3.8, 4) is 0 Å². The van der Waals surface area contributed by atoms with Crippen molar-refractivity contribution in [2.24, 2.45) is 11.3 Å². The smallest absolute Gasteiger partial charge is 0.00699 e. The highest BCUT2D eigenvalue weighted by Gasteiger charge is 2.29. The summed E-state index contributed by atoms with van der Waals surface area (Å²) in [5.41, 5.74) is 0.507. The van der Waals surface area contributed by atoms with E-state index in [1.165, 1.54) is 38.6 Å². The van der Waals surface area contributed by atoms with Gasteiger partial charge in [0.1, 0.15) is 0 Å². The van der Waals surface area contributed by atoms with Gasteiger partial charge in [-0.2, -0.15) is 0 Å². The summed E-state index contributed by atoms with van der Waals surface area (Å²) in [6.07, 6.45) is 6.91. The lowest BCUT2D eigenvalue weighted by atomic mass is 9.71. The molecule has 1 nitrogen and oxygen atoms in total. The Morgan fingerprint density at radius 3 is 2.50 bits per heavy atom. The Hall–Kier alpha value is -0.0400. The van der Waals surface area contributed by atoms with Crippen LogP contribution in [0.15, 0.2) is 0 Å². The van der Waals surface area contributed by atoms with Crippen LogP contribution in [0, 0.1) is 11.3 Å². The molecular formula is C13H27N. The Morgan fingerprint density at radius 2 is 1.93 bits per heavy atom. The van der Waals surface area contributed by atoms with Gasteiger partial charge >= 0.3 is 0 Å². The van der Waals surface area contributed by atoms with Gasteiger partial charge in [-0.3, -0.25) is 0 Å². The van der Waals surface area contributed by atoms with Crippen molar-refractivity contribution in [1.82, 2.24) is 5.32 Å². The van der Waals surface area contributed by atoms with Gasteiger partial charge in [-0.1, -0.05) is 34.1 Å². The van der Waals surface area contributed by atoms with Gasteiger partial charge in [-0.15, -0.1) is 0 Å². The summed E-state index contributed by atoms with van der Waals surface area (Å²) in [7, 11) is 0. The molecule has 0 spiro atoms. The molecule has 0 radical (unpaired) electrons. The van der Waals surface area contributed by atoms with E-state index in [0.29, 0.717) is 5.41 Å². The minimum absolute atomic E-state index is 0.507. The summed E-state index contributed by atoms with van der Waals surface area (Å²) in [5, 5.41) is 3.67. The molecule has 2 unspecified atom stereocenters. The van der Waals surface area contributed by atoms with Gasteiger partial charge in [0.05, 0.1) is 0 Å². The molecule has 1 fully saturated rings.